The zero-order chi connectivity index (χ0) is 13.4. The van der Waals surface area contributed by atoms with Crippen LogP contribution in [0.2, 0.25) is 0 Å². The van der Waals surface area contributed by atoms with Crippen molar-refractivity contribution in [1.82, 2.24) is 9.55 Å². The monoisotopic (exact) mass is 317 g/mol. The Morgan fingerprint density at radius 3 is 2.79 bits per heavy atom. The van der Waals surface area contributed by atoms with Crippen LogP contribution >= 0.6 is 15.9 Å². The van der Waals surface area contributed by atoms with Gasteiger partial charge in [-0.3, -0.25) is 14.7 Å². The fourth-order valence-corrected chi connectivity index (χ4v) is 2.34. The average Bonchev–Trinajstić information content (AvgIpc) is 2.82. The molecule has 0 saturated heterocycles. The summed E-state index contributed by atoms with van der Waals surface area (Å²) in [6, 6.07) is 12.4. The van der Waals surface area contributed by atoms with Gasteiger partial charge in [-0.1, -0.05) is 28.1 Å². The number of aromatic nitrogens is 2. The number of hydrogen-bond donors (Lipinski definition) is 0. The summed E-state index contributed by atoms with van der Waals surface area (Å²) in [6.45, 7) is 0. The highest BCUT2D eigenvalue weighted by Gasteiger charge is 2.17. The average molecular weight is 318 g/mol. The molecule has 1 heterocycles. The second-order valence-electron chi connectivity index (χ2n) is 3.99. The Morgan fingerprint density at radius 2 is 2.00 bits per heavy atom. The lowest BCUT2D eigenvalue weighted by molar-refractivity contribution is -0.384. The molecule has 0 aliphatic carbocycles. The second-order valence-corrected chi connectivity index (χ2v) is 4.91. The van der Waals surface area contributed by atoms with Crippen molar-refractivity contribution in [2.45, 2.75) is 0 Å². The van der Waals surface area contributed by atoms with Gasteiger partial charge in [0.1, 0.15) is 12.0 Å². The SMILES string of the molecule is O=[N+]([O-])c1ccc(Br)cc1-n1cnc2ccccc21. The van der Waals surface area contributed by atoms with Crippen molar-refractivity contribution in [2.75, 3.05) is 0 Å². The van der Waals surface area contributed by atoms with Crippen molar-refractivity contribution in [1.29, 1.82) is 0 Å². The molecule has 94 valence electrons. The van der Waals surface area contributed by atoms with E-state index in [1.807, 2.05) is 24.3 Å². The summed E-state index contributed by atoms with van der Waals surface area (Å²) in [4.78, 5) is 15.0. The van der Waals surface area contributed by atoms with Gasteiger partial charge in [0.2, 0.25) is 0 Å². The molecule has 3 aromatic rings. The van der Waals surface area contributed by atoms with E-state index >= 15 is 0 Å². The molecular weight excluding hydrogens is 310 g/mol. The predicted octanol–water partition coefficient (Wildman–Crippen LogP) is 3.70. The van der Waals surface area contributed by atoms with Gasteiger partial charge in [-0.2, -0.15) is 0 Å². The summed E-state index contributed by atoms with van der Waals surface area (Å²) in [7, 11) is 0. The topological polar surface area (TPSA) is 61.0 Å². The van der Waals surface area contributed by atoms with E-state index in [2.05, 4.69) is 20.9 Å². The highest BCUT2D eigenvalue weighted by Crippen LogP contribution is 2.29. The molecule has 0 atom stereocenters. The number of nitro benzene ring substituents is 1. The van der Waals surface area contributed by atoms with Gasteiger partial charge < -0.3 is 0 Å². The van der Waals surface area contributed by atoms with Gasteiger partial charge in [0, 0.05) is 10.5 Å². The maximum atomic E-state index is 11.1. The molecule has 0 spiro atoms. The van der Waals surface area contributed by atoms with E-state index < -0.39 is 4.92 Å². The van der Waals surface area contributed by atoms with Crippen LogP contribution in [0.4, 0.5) is 5.69 Å². The van der Waals surface area contributed by atoms with Crippen molar-refractivity contribution in [3.8, 4) is 5.69 Å². The number of rotatable bonds is 2. The van der Waals surface area contributed by atoms with Crippen molar-refractivity contribution in [3.05, 3.63) is 63.4 Å². The summed E-state index contributed by atoms with van der Waals surface area (Å²) in [5, 5.41) is 11.1. The highest BCUT2D eigenvalue weighted by molar-refractivity contribution is 9.10. The van der Waals surface area contributed by atoms with Gasteiger partial charge in [0.15, 0.2) is 0 Å². The first-order valence-electron chi connectivity index (χ1n) is 5.53. The summed E-state index contributed by atoms with van der Waals surface area (Å²) in [5.41, 5.74) is 2.18. The number of nitro groups is 1. The van der Waals surface area contributed by atoms with Gasteiger partial charge in [0.25, 0.3) is 5.69 Å². The lowest BCUT2D eigenvalue weighted by Crippen LogP contribution is -1.99. The maximum Gasteiger partial charge on any atom is 0.293 e. The van der Waals surface area contributed by atoms with E-state index in [9.17, 15) is 10.1 Å². The van der Waals surface area contributed by atoms with Gasteiger partial charge >= 0.3 is 0 Å². The molecule has 0 saturated carbocycles. The maximum absolute atomic E-state index is 11.1. The fourth-order valence-electron chi connectivity index (χ4n) is 2.00. The highest BCUT2D eigenvalue weighted by atomic mass is 79.9. The molecule has 0 radical (unpaired) electrons. The van der Waals surface area contributed by atoms with Crippen LogP contribution in [0, 0.1) is 10.1 Å². The summed E-state index contributed by atoms with van der Waals surface area (Å²) in [6.07, 6.45) is 1.60. The molecular formula is C13H8BrN3O2. The van der Waals surface area contributed by atoms with E-state index in [1.165, 1.54) is 6.07 Å². The first-order chi connectivity index (χ1) is 9.16. The van der Waals surface area contributed by atoms with E-state index in [-0.39, 0.29) is 5.69 Å². The van der Waals surface area contributed by atoms with Gasteiger partial charge in [-0.15, -0.1) is 0 Å². The minimum Gasteiger partial charge on any atom is -0.293 e. The third kappa shape index (κ3) is 2.00. The Morgan fingerprint density at radius 1 is 1.21 bits per heavy atom. The number of benzene rings is 2. The molecule has 3 rings (SSSR count). The van der Waals surface area contributed by atoms with E-state index in [0.29, 0.717) is 5.69 Å². The van der Waals surface area contributed by atoms with E-state index in [4.69, 9.17) is 0 Å². The van der Waals surface area contributed by atoms with Crippen LogP contribution in [-0.2, 0) is 0 Å². The molecule has 0 aliphatic rings. The molecule has 2 aromatic carbocycles. The molecule has 0 N–H and O–H groups in total. The van der Waals surface area contributed by atoms with Crippen molar-refractivity contribution in [2.24, 2.45) is 0 Å². The van der Waals surface area contributed by atoms with Gasteiger partial charge in [-0.25, -0.2) is 4.98 Å². The Kier molecular flexibility index (Phi) is 2.79. The number of hydrogen-bond acceptors (Lipinski definition) is 3. The zero-order valence-electron chi connectivity index (χ0n) is 9.65. The van der Waals surface area contributed by atoms with Crippen LogP contribution in [0.15, 0.2) is 53.3 Å². The largest absolute Gasteiger partial charge is 0.293 e. The quantitative estimate of drug-likeness (QED) is 0.535. The minimum atomic E-state index is -0.392. The van der Waals surface area contributed by atoms with Crippen LogP contribution < -0.4 is 0 Å². The molecule has 0 unspecified atom stereocenters. The third-order valence-corrected chi connectivity index (χ3v) is 3.34. The van der Waals surface area contributed by atoms with Crippen molar-refractivity contribution >= 4 is 32.7 Å². The summed E-state index contributed by atoms with van der Waals surface area (Å²) >= 11 is 3.34. The molecule has 0 aliphatic heterocycles. The molecule has 19 heavy (non-hydrogen) atoms. The number of nitrogens with zero attached hydrogens (tertiary/aromatic N) is 3. The van der Waals surface area contributed by atoms with Crippen molar-refractivity contribution in [3.63, 3.8) is 0 Å². The molecule has 0 amide bonds. The molecule has 6 heteroatoms. The Hall–Kier alpha value is -2.21. The third-order valence-electron chi connectivity index (χ3n) is 2.85. The predicted molar refractivity (Wildman–Crippen MR) is 75.4 cm³/mol. The van der Waals surface area contributed by atoms with Crippen LogP contribution in [0.1, 0.15) is 0 Å². The van der Waals surface area contributed by atoms with Crippen molar-refractivity contribution < 1.29 is 4.92 Å². The summed E-state index contributed by atoms with van der Waals surface area (Å²) < 4.78 is 2.50. The Labute approximate surface area is 116 Å². The first kappa shape index (κ1) is 11.9. The summed E-state index contributed by atoms with van der Waals surface area (Å²) in [5.74, 6) is 0. The molecule has 0 bridgehead atoms. The van der Waals surface area contributed by atoms with E-state index in [1.54, 1.807) is 23.0 Å². The Balaban J connectivity index is 2.32. The molecule has 5 nitrogen and oxygen atoms in total. The minimum absolute atomic E-state index is 0.0475. The lowest BCUT2D eigenvalue weighted by Gasteiger charge is -2.05. The molecule has 0 fully saturated rings. The van der Waals surface area contributed by atoms with Gasteiger partial charge in [0.05, 0.1) is 16.0 Å². The number of halogens is 1. The zero-order valence-corrected chi connectivity index (χ0v) is 11.2. The number of fused-ring (bicyclic) bond motifs is 1. The number of imidazole rings is 1. The van der Waals surface area contributed by atoms with Crippen LogP contribution in [0.5, 0.6) is 0 Å². The molecule has 1 aromatic heterocycles. The standard InChI is InChI=1S/C13H8BrN3O2/c14-9-5-6-12(17(18)19)13(7-9)16-8-15-10-3-1-2-4-11(10)16/h1-8H. The first-order valence-corrected chi connectivity index (χ1v) is 6.32. The fraction of sp³-hybridized carbons (Fsp3) is 0. The van der Waals surface area contributed by atoms with Crippen LogP contribution in [-0.4, -0.2) is 14.5 Å². The Bertz CT molecular complexity index is 782. The normalized spacial score (nSPS) is 10.8. The second kappa shape index (κ2) is 4.47. The smallest absolute Gasteiger partial charge is 0.293 e. The van der Waals surface area contributed by atoms with Crippen LogP contribution in [0.25, 0.3) is 16.7 Å². The lowest BCUT2D eigenvalue weighted by atomic mass is 10.2. The number of para-hydroxylation sites is 2. The van der Waals surface area contributed by atoms with E-state index in [0.717, 1.165) is 15.5 Å². The van der Waals surface area contributed by atoms with Gasteiger partial charge in [-0.05, 0) is 24.3 Å². The van der Waals surface area contributed by atoms with Crippen LogP contribution in [0.3, 0.4) is 0 Å².